The first-order valence-corrected chi connectivity index (χ1v) is 10.3. The summed E-state index contributed by atoms with van der Waals surface area (Å²) in [5.41, 5.74) is 3.76. The average molecular weight is 408 g/mol. The zero-order chi connectivity index (χ0) is 21.4. The third kappa shape index (κ3) is 3.54. The highest BCUT2D eigenvalue weighted by Gasteiger charge is 2.28. The molecule has 152 valence electrons. The molecule has 7 nitrogen and oxygen atoms in total. The van der Waals surface area contributed by atoms with Gasteiger partial charge < -0.3 is 9.80 Å². The summed E-state index contributed by atoms with van der Waals surface area (Å²) in [6.45, 7) is 0.913. The van der Waals surface area contributed by atoms with Crippen LogP contribution in [0.15, 0.2) is 67.3 Å². The van der Waals surface area contributed by atoms with Crippen LogP contribution < -0.4 is 15.3 Å². The lowest BCUT2D eigenvalue weighted by atomic mass is 9.92. The van der Waals surface area contributed by atoms with Crippen molar-refractivity contribution in [1.29, 1.82) is 0 Å². The molecule has 3 aromatic heterocycles. The van der Waals surface area contributed by atoms with Crippen LogP contribution in [0.2, 0.25) is 0 Å². The van der Waals surface area contributed by atoms with Gasteiger partial charge in [0.15, 0.2) is 5.65 Å². The van der Waals surface area contributed by atoms with Crippen molar-refractivity contribution in [3.8, 4) is 0 Å². The molecule has 31 heavy (non-hydrogen) atoms. The number of benzene rings is 1. The maximum Gasteiger partial charge on any atom is 0.259 e. The number of pyridine rings is 1. The van der Waals surface area contributed by atoms with E-state index in [1.165, 1.54) is 5.56 Å². The van der Waals surface area contributed by atoms with Gasteiger partial charge in [-0.3, -0.25) is 9.78 Å². The maximum absolute atomic E-state index is 12.9. The van der Waals surface area contributed by atoms with E-state index in [2.05, 4.69) is 21.0 Å². The van der Waals surface area contributed by atoms with Crippen molar-refractivity contribution < 1.29 is 4.79 Å². The second-order valence-corrected chi connectivity index (χ2v) is 7.71. The SMILES string of the molecule is [B]c1cccc(C2CCCN2c2ccn3ncc(N(C)C(=O)c4cccnc4)c3n2)c1. The third-order valence-electron chi connectivity index (χ3n) is 5.75. The molecule has 0 saturated carbocycles. The quantitative estimate of drug-likeness (QED) is 0.486. The molecule has 8 heteroatoms. The fourth-order valence-corrected chi connectivity index (χ4v) is 4.19. The smallest absolute Gasteiger partial charge is 0.259 e. The molecule has 5 rings (SSSR count). The monoisotopic (exact) mass is 408 g/mol. The Balaban J connectivity index is 1.49. The van der Waals surface area contributed by atoms with E-state index in [4.69, 9.17) is 12.8 Å². The molecule has 4 aromatic rings. The molecule has 1 fully saturated rings. The van der Waals surface area contributed by atoms with Crippen LogP contribution in [0.3, 0.4) is 0 Å². The summed E-state index contributed by atoms with van der Waals surface area (Å²) in [4.78, 5) is 25.7. The summed E-state index contributed by atoms with van der Waals surface area (Å²) in [5, 5.41) is 4.38. The molecule has 4 heterocycles. The molecule has 0 bridgehead atoms. The summed E-state index contributed by atoms with van der Waals surface area (Å²) >= 11 is 0. The van der Waals surface area contributed by atoms with Crippen LogP contribution in [0.5, 0.6) is 0 Å². The van der Waals surface area contributed by atoms with E-state index in [-0.39, 0.29) is 11.9 Å². The molecule has 1 aliphatic rings. The normalized spacial score (nSPS) is 16.0. The van der Waals surface area contributed by atoms with Gasteiger partial charge in [0.2, 0.25) is 0 Å². The molecule has 1 saturated heterocycles. The van der Waals surface area contributed by atoms with Crippen molar-refractivity contribution >= 4 is 36.4 Å². The van der Waals surface area contributed by atoms with E-state index in [9.17, 15) is 4.79 Å². The number of aromatic nitrogens is 4. The molecule has 0 aliphatic carbocycles. The number of anilines is 2. The van der Waals surface area contributed by atoms with Crippen LogP contribution in [0.25, 0.3) is 5.65 Å². The molecule has 1 aromatic carbocycles. The summed E-state index contributed by atoms with van der Waals surface area (Å²) in [7, 11) is 7.74. The number of fused-ring (bicyclic) bond motifs is 1. The van der Waals surface area contributed by atoms with Crippen molar-refractivity contribution in [3.63, 3.8) is 0 Å². The number of amides is 1. The lowest BCUT2D eigenvalue weighted by molar-refractivity contribution is 0.0993. The molecule has 1 atom stereocenters. The molecule has 0 spiro atoms. The summed E-state index contributed by atoms with van der Waals surface area (Å²) < 4.78 is 1.69. The summed E-state index contributed by atoms with van der Waals surface area (Å²) in [6, 6.07) is 13.7. The number of carbonyl (C=O) groups is 1. The van der Waals surface area contributed by atoms with Crippen LogP contribution in [0, 0.1) is 0 Å². The van der Waals surface area contributed by atoms with Gasteiger partial charge in [0.1, 0.15) is 19.4 Å². The number of hydrogen-bond donors (Lipinski definition) is 0. The summed E-state index contributed by atoms with van der Waals surface area (Å²) in [5.74, 6) is 0.704. The van der Waals surface area contributed by atoms with Crippen molar-refractivity contribution in [3.05, 3.63) is 78.4 Å². The van der Waals surface area contributed by atoms with E-state index in [0.717, 1.165) is 30.7 Å². The Morgan fingerprint density at radius 2 is 2.10 bits per heavy atom. The van der Waals surface area contributed by atoms with Gasteiger partial charge in [-0.2, -0.15) is 5.10 Å². The maximum atomic E-state index is 12.9. The minimum absolute atomic E-state index is 0.158. The van der Waals surface area contributed by atoms with Gasteiger partial charge in [-0.05, 0) is 36.6 Å². The first kappa shape index (κ1) is 19.3. The third-order valence-corrected chi connectivity index (χ3v) is 5.75. The standard InChI is InChI=1S/C23H21BN6O/c1-28(23(31)17-6-3-10-25-14-17)20-15-26-30-12-9-21(27-22(20)30)29-11-4-8-19(29)16-5-2-7-18(24)13-16/h2-3,5-7,9-10,12-15,19H,4,8,11H2,1H3. The number of hydrogen-bond acceptors (Lipinski definition) is 5. The van der Waals surface area contributed by atoms with Crippen LogP contribution in [-0.4, -0.2) is 46.9 Å². The van der Waals surface area contributed by atoms with Crippen LogP contribution >= 0.6 is 0 Å². The fourth-order valence-electron chi connectivity index (χ4n) is 4.19. The first-order valence-electron chi connectivity index (χ1n) is 10.3. The number of carbonyl (C=O) groups excluding carboxylic acids is 1. The Hall–Kier alpha value is -3.68. The Morgan fingerprint density at radius 3 is 2.90 bits per heavy atom. The minimum Gasteiger partial charge on any atom is -0.349 e. The lowest BCUT2D eigenvalue weighted by Gasteiger charge is -2.26. The first-order chi connectivity index (χ1) is 15.1. The highest BCUT2D eigenvalue weighted by molar-refractivity contribution is 6.32. The Morgan fingerprint density at radius 1 is 1.19 bits per heavy atom. The van der Waals surface area contributed by atoms with E-state index < -0.39 is 0 Å². The Bertz CT molecular complexity index is 1240. The van der Waals surface area contributed by atoms with Gasteiger partial charge in [-0.25, -0.2) is 9.50 Å². The van der Waals surface area contributed by atoms with Gasteiger partial charge in [-0.1, -0.05) is 29.7 Å². The largest absolute Gasteiger partial charge is 0.349 e. The lowest BCUT2D eigenvalue weighted by Crippen LogP contribution is -2.27. The van der Waals surface area contributed by atoms with Crippen molar-refractivity contribution in [2.75, 3.05) is 23.4 Å². The molecule has 1 unspecified atom stereocenters. The van der Waals surface area contributed by atoms with Crippen LogP contribution in [0.1, 0.15) is 34.8 Å². The predicted molar refractivity (Wildman–Crippen MR) is 121 cm³/mol. The predicted octanol–water partition coefficient (Wildman–Crippen LogP) is 2.54. The molecule has 0 N–H and O–H groups in total. The van der Waals surface area contributed by atoms with Gasteiger partial charge in [-0.15, -0.1) is 0 Å². The van der Waals surface area contributed by atoms with Crippen molar-refractivity contribution in [1.82, 2.24) is 19.6 Å². The zero-order valence-electron chi connectivity index (χ0n) is 17.2. The van der Waals surface area contributed by atoms with E-state index in [0.29, 0.717) is 16.9 Å². The number of rotatable bonds is 4. The van der Waals surface area contributed by atoms with Crippen LogP contribution in [-0.2, 0) is 0 Å². The van der Waals surface area contributed by atoms with Gasteiger partial charge in [0.25, 0.3) is 5.91 Å². The van der Waals surface area contributed by atoms with Crippen LogP contribution in [0.4, 0.5) is 11.5 Å². The average Bonchev–Trinajstić information content (AvgIpc) is 3.45. The Labute approximate surface area is 181 Å². The highest BCUT2D eigenvalue weighted by atomic mass is 16.2. The molecule has 2 radical (unpaired) electrons. The van der Waals surface area contributed by atoms with E-state index >= 15 is 0 Å². The molecule has 1 amide bonds. The topological polar surface area (TPSA) is 66.6 Å². The second-order valence-electron chi connectivity index (χ2n) is 7.71. The highest BCUT2D eigenvalue weighted by Crippen LogP contribution is 2.35. The van der Waals surface area contributed by atoms with Gasteiger partial charge in [0, 0.05) is 32.2 Å². The van der Waals surface area contributed by atoms with Crippen molar-refractivity contribution in [2.24, 2.45) is 0 Å². The van der Waals surface area contributed by atoms with E-state index in [1.54, 1.807) is 47.2 Å². The summed E-state index contributed by atoms with van der Waals surface area (Å²) in [6.07, 6.45) is 8.88. The minimum atomic E-state index is -0.158. The van der Waals surface area contributed by atoms with Gasteiger partial charge in [0.05, 0.1) is 17.8 Å². The van der Waals surface area contributed by atoms with Gasteiger partial charge >= 0.3 is 0 Å². The zero-order valence-corrected chi connectivity index (χ0v) is 17.2. The number of nitrogens with zero attached hydrogens (tertiary/aromatic N) is 6. The second kappa shape index (κ2) is 7.87. The Kier molecular flexibility index (Phi) is 4.90. The van der Waals surface area contributed by atoms with Crippen molar-refractivity contribution in [2.45, 2.75) is 18.9 Å². The fraction of sp³-hybridized carbons (Fsp3) is 0.217. The molecular formula is C23H21BN6O. The molecule has 1 aliphatic heterocycles. The van der Waals surface area contributed by atoms with E-state index in [1.807, 2.05) is 30.5 Å². The molecular weight excluding hydrogens is 387 g/mol.